The predicted molar refractivity (Wildman–Crippen MR) is 75.9 cm³/mol. The van der Waals surface area contributed by atoms with E-state index < -0.39 is 10.0 Å². The Morgan fingerprint density at radius 1 is 1.45 bits per heavy atom. The van der Waals surface area contributed by atoms with Crippen LogP contribution in [0.2, 0.25) is 0 Å². The lowest BCUT2D eigenvalue weighted by Gasteiger charge is -2.04. The number of sulfonamides is 1. The van der Waals surface area contributed by atoms with E-state index in [2.05, 4.69) is 26.5 Å². The molecule has 0 aliphatic heterocycles. The fraction of sp³-hybridized carbons (Fsp3) is 0.167. The highest BCUT2D eigenvalue weighted by Crippen LogP contribution is 2.20. The Kier molecular flexibility index (Phi) is 4.34. The molecule has 0 aromatic carbocycles. The molecule has 2 rings (SSSR count). The molecule has 6 nitrogen and oxygen atoms in total. The molecule has 0 radical (unpaired) electrons. The van der Waals surface area contributed by atoms with Gasteiger partial charge in [-0.1, -0.05) is 11.8 Å². The lowest BCUT2D eigenvalue weighted by molar-refractivity contribution is 0.350. The summed E-state index contributed by atoms with van der Waals surface area (Å²) >= 11 is 1.08. The Morgan fingerprint density at radius 2 is 2.25 bits per heavy atom. The average molecular weight is 309 g/mol. The van der Waals surface area contributed by atoms with E-state index in [9.17, 15) is 8.42 Å². The number of aliphatic hydroxyl groups is 1. The number of hydrogen-bond donors (Lipinski definition) is 2. The molecule has 0 atom stereocenters. The van der Waals surface area contributed by atoms with Crippen LogP contribution in [-0.4, -0.2) is 30.1 Å². The topological polar surface area (TPSA) is 92.2 Å². The van der Waals surface area contributed by atoms with E-state index in [1.807, 2.05) is 0 Å². The second kappa shape index (κ2) is 6.00. The quantitative estimate of drug-likeness (QED) is 0.825. The summed E-state index contributed by atoms with van der Waals surface area (Å²) < 4.78 is 26.7. The first-order chi connectivity index (χ1) is 9.51. The van der Waals surface area contributed by atoms with Gasteiger partial charge in [-0.15, -0.1) is 11.3 Å². The average Bonchev–Trinajstić information content (AvgIpc) is 2.84. The molecule has 0 bridgehead atoms. The molecular weight excluding hydrogens is 298 g/mol. The number of hydrogen-bond acceptors (Lipinski definition) is 6. The van der Waals surface area contributed by atoms with Crippen molar-refractivity contribution in [1.29, 1.82) is 0 Å². The predicted octanol–water partition coefficient (Wildman–Crippen LogP) is 0.991. The van der Waals surface area contributed by atoms with Gasteiger partial charge in [-0.3, -0.25) is 4.72 Å². The Labute approximate surface area is 120 Å². The van der Waals surface area contributed by atoms with Gasteiger partial charge in [0, 0.05) is 11.8 Å². The zero-order valence-corrected chi connectivity index (χ0v) is 12.1. The van der Waals surface area contributed by atoms with Gasteiger partial charge in [0.05, 0.1) is 11.2 Å². The van der Waals surface area contributed by atoms with Gasteiger partial charge in [0.1, 0.15) is 12.4 Å². The molecule has 2 aromatic heterocycles. The molecule has 0 fully saturated rings. The van der Waals surface area contributed by atoms with Crippen LogP contribution < -0.4 is 4.72 Å². The fourth-order valence-corrected chi connectivity index (χ4v) is 3.47. The van der Waals surface area contributed by atoms with Crippen molar-refractivity contribution in [1.82, 2.24) is 9.97 Å². The van der Waals surface area contributed by atoms with Crippen LogP contribution in [0.15, 0.2) is 28.7 Å². The summed E-state index contributed by atoms with van der Waals surface area (Å²) in [6, 6.07) is 3.12. The highest BCUT2D eigenvalue weighted by atomic mass is 32.2. The first-order valence-corrected chi connectivity index (χ1v) is 7.82. The van der Waals surface area contributed by atoms with Crippen molar-refractivity contribution in [2.75, 3.05) is 11.3 Å². The maximum absolute atomic E-state index is 12.1. The largest absolute Gasteiger partial charge is 0.384 e. The summed E-state index contributed by atoms with van der Waals surface area (Å²) in [6.07, 6.45) is 2.74. The van der Waals surface area contributed by atoms with Gasteiger partial charge in [-0.25, -0.2) is 18.4 Å². The lowest BCUT2D eigenvalue weighted by atomic mass is 10.2. The molecular formula is C12H11N3O3S2. The van der Waals surface area contributed by atoms with Gasteiger partial charge >= 0.3 is 0 Å². The van der Waals surface area contributed by atoms with E-state index in [1.165, 1.54) is 18.5 Å². The molecule has 2 N–H and O–H groups in total. The highest BCUT2D eigenvalue weighted by Gasteiger charge is 2.17. The van der Waals surface area contributed by atoms with Gasteiger partial charge < -0.3 is 5.11 Å². The van der Waals surface area contributed by atoms with Crippen LogP contribution in [0.4, 0.5) is 5.82 Å². The first kappa shape index (κ1) is 14.5. The van der Waals surface area contributed by atoms with E-state index in [-0.39, 0.29) is 16.6 Å². The summed E-state index contributed by atoms with van der Waals surface area (Å²) in [4.78, 5) is 7.84. The standard InChI is InChI=1S/C12H11N3O3S2/c1-9-14-8-12(19-9)20(17,18)15-11-7-10(3-2-6-16)4-5-13-11/h4-5,7-8,16H,6H2,1H3,(H,13,15). The van der Waals surface area contributed by atoms with E-state index >= 15 is 0 Å². The highest BCUT2D eigenvalue weighted by molar-refractivity contribution is 7.94. The molecule has 104 valence electrons. The monoisotopic (exact) mass is 309 g/mol. The Balaban J connectivity index is 2.25. The van der Waals surface area contributed by atoms with Gasteiger partial charge in [0.25, 0.3) is 10.0 Å². The second-order valence-electron chi connectivity index (χ2n) is 3.69. The third-order valence-electron chi connectivity index (χ3n) is 2.18. The maximum Gasteiger partial charge on any atom is 0.274 e. The first-order valence-electron chi connectivity index (χ1n) is 5.52. The van der Waals surface area contributed by atoms with Crippen molar-refractivity contribution < 1.29 is 13.5 Å². The molecule has 0 aliphatic rings. The number of aryl methyl sites for hydroxylation is 1. The van der Waals surface area contributed by atoms with Crippen LogP contribution in [0, 0.1) is 18.8 Å². The number of aliphatic hydroxyl groups excluding tert-OH is 1. The van der Waals surface area contributed by atoms with E-state index in [0.717, 1.165) is 11.3 Å². The van der Waals surface area contributed by atoms with Crippen LogP contribution in [0.3, 0.4) is 0 Å². The molecule has 20 heavy (non-hydrogen) atoms. The number of anilines is 1. The van der Waals surface area contributed by atoms with Crippen LogP contribution in [0.5, 0.6) is 0 Å². The second-order valence-corrected chi connectivity index (χ2v) is 6.84. The van der Waals surface area contributed by atoms with Gasteiger partial charge in [-0.05, 0) is 19.1 Å². The van der Waals surface area contributed by atoms with Crippen LogP contribution in [0.25, 0.3) is 0 Å². The van der Waals surface area contributed by atoms with Gasteiger partial charge in [-0.2, -0.15) is 0 Å². The number of nitrogens with zero attached hydrogens (tertiary/aromatic N) is 2. The number of rotatable bonds is 3. The Hall–Kier alpha value is -1.95. The zero-order chi connectivity index (χ0) is 14.6. The zero-order valence-electron chi connectivity index (χ0n) is 10.5. The smallest absolute Gasteiger partial charge is 0.274 e. The molecule has 2 aromatic rings. The van der Waals surface area contributed by atoms with Crippen LogP contribution >= 0.6 is 11.3 Å². The van der Waals surface area contributed by atoms with Crippen molar-refractivity contribution in [2.24, 2.45) is 0 Å². The normalized spacial score (nSPS) is 10.7. The molecule has 0 aliphatic carbocycles. The molecule has 0 spiro atoms. The van der Waals surface area contributed by atoms with Crippen molar-refractivity contribution in [3.63, 3.8) is 0 Å². The van der Waals surface area contributed by atoms with E-state index in [0.29, 0.717) is 10.6 Å². The SMILES string of the molecule is Cc1ncc(S(=O)(=O)Nc2cc(C#CCO)ccn2)s1. The maximum atomic E-state index is 12.1. The molecule has 0 unspecified atom stereocenters. The Morgan fingerprint density at radius 3 is 2.90 bits per heavy atom. The summed E-state index contributed by atoms with van der Waals surface area (Å²) in [6.45, 7) is 1.47. The van der Waals surface area contributed by atoms with Crippen molar-refractivity contribution in [3.8, 4) is 11.8 Å². The molecule has 0 saturated carbocycles. The summed E-state index contributed by atoms with van der Waals surface area (Å²) in [5.41, 5.74) is 0.562. The van der Waals surface area contributed by atoms with Crippen molar-refractivity contribution in [2.45, 2.75) is 11.1 Å². The minimum Gasteiger partial charge on any atom is -0.384 e. The van der Waals surface area contributed by atoms with E-state index in [4.69, 9.17) is 5.11 Å². The molecule has 8 heteroatoms. The minimum absolute atomic E-state index is 0.128. The van der Waals surface area contributed by atoms with Crippen LogP contribution in [-0.2, 0) is 10.0 Å². The summed E-state index contributed by atoms with van der Waals surface area (Å²) in [5.74, 6) is 5.33. The van der Waals surface area contributed by atoms with Crippen molar-refractivity contribution in [3.05, 3.63) is 35.1 Å². The Bertz CT molecular complexity index is 772. The summed E-state index contributed by atoms with van der Waals surface area (Å²) in [5, 5.41) is 9.30. The minimum atomic E-state index is -3.68. The fourth-order valence-electron chi connectivity index (χ4n) is 1.36. The number of pyridine rings is 1. The van der Waals surface area contributed by atoms with Crippen molar-refractivity contribution >= 4 is 27.2 Å². The van der Waals surface area contributed by atoms with Gasteiger partial charge in [0.2, 0.25) is 0 Å². The van der Waals surface area contributed by atoms with Crippen LogP contribution in [0.1, 0.15) is 10.6 Å². The lowest BCUT2D eigenvalue weighted by Crippen LogP contribution is -2.12. The molecule has 0 saturated heterocycles. The summed E-state index contributed by atoms with van der Waals surface area (Å²) in [7, 11) is -3.68. The molecule has 0 amide bonds. The molecule has 2 heterocycles. The third-order valence-corrected chi connectivity index (χ3v) is 4.90. The number of thiazole rings is 1. The third kappa shape index (κ3) is 3.54. The van der Waals surface area contributed by atoms with Gasteiger partial charge in [0.15, 0.2) is 4.21 Å². The number of aromatic nitrogens is 2. The number of nitrogens with one attached hydrogen (secondary N) is 1. The van der Waals surface area contributed by atoms with E-state index in [1.54, 1.807) is 13.0 Å².